The molecule has 8 nitrogen and oxygen atoms in total. The molecule has 1 amide bonds. The summed E-state index contributed by atoms with van der Waals surface area (Å²) in [6.45, 7) is 0.145. The molecule has 2 rings (SSSR count). The van der Waals surface area contributed by atoms with E-state index < -0.39 is 18.1 Å². The predicted octanol–water partition coefficient (Wildman–Crippen LogP) is -0.952. The number of β-amino-alcohol motifs (C(OH)–C–C–N with tert-alkyl or cyclic N) is 1. The van der Waals surface area contributed by atoms with Crippen molar-refractivity contribution in [1.82, 2.24) is 14.9 Å². The van der Waals surface area contributed by atoms with Gasteiger partial charge in [0.1, 0.15) is 6.04 Å². The molecular weight excluding hydrogens is 276 g/mol. The van der Waals surface area contributed by atoms with Gasteiger partial charge in [0.05, 0.1) is 19.8 Å². The van der Waals surface area contributed by atoms with E-state index in [9.17, 15) is 14.7 Å². The van der Waals surface area contributed by atoms with E-state index in [-0.39, 0.29) is 25.4 Å². The lowest BCUT2D eigenvalue weighted by atomic mass is 10.2. The summed E-state index contributed by atoms with van der Waals surface area (Å²) in [7, 11) is 2.95. The number of hydrogen-bond acceptors (Lipinski definition) is 7. The van der Waals surface area contributed by atoms with Gasteiger partial charge in [0.15, 0.2) is 0 Å². The van der Waals surface area contributed by atoms with Crippen LogP contribution < -0.4 is 4.90 Å². The maximum Gasteiger partial charge on any atom is 0.328 e. The molecule has 1 fully saturated rings. The van der Waals surface area contributed by atoms with Gasteiger partial charge in [-0.15, -0.1) is 0 Å². The zero-order valence-corrected chi connectivity index (χ0v) is 12.0. The molecule has 0 bridgehead atoms. The van der Waals surface area contributed by atoms with Crippen LogP contribution in [-0.2, 0) is 14.3 Å². The minimum Gasteiger partial charge on any atom is -0.467 e. The zero-order chi connectivity index (χ0) is 15.4. The molecule has 1 aromatic rings. The van der Waals surface area contributed by atoms with Gasteiger partial charge in [-0.25, -0.2) is 14.8 Å². The van der Waals surface area contributed by atoms with Crippen LogP contribution in [0.3, 0.4) is 0 Å². The average molecular weight is 294 g/mol. The molecule has 1 aromatic heterocycles. The summed E-state index contributed by atoms with van der Waals surface area (Å²) < 4.78 is 4.67. The molecular formula is C13H18N4O4. The van der Waals surface area contributed by atoms with Crippen molar-refractivity contribution in [3.05, 3.63) is 18.5 Å². The first kappa shape index (κ1) is 15.2. The second-order valence-electron chi connectivity index (χ2n) is 4.88. The van der Waals surface area contributed by atoms with Crippen molar-refractivity contribution in [2.45, 2.75) is 18.6 Å². The number of esters is 1. The van der Waals surface area contributed by atoms with Crippen molar-refractivity contribution >= 4 is 17.8 Å². The number of aliphatic hydroxyl groups excluding tert-OH is 1. The van der Waals surface area contributed by atoms with Crippen molar-refractivity contribution in [3.8, 4) is 0 Å². The Morgan fingerprint density at radius 2 is 2.14 bits per heavy atom. The van der Waals surface area contributed by atoms with Crippen molar-refractivity contribution in [2.75, 3.05) is 32.1 Å². The fourth-order valence-corrected chi connectivity index (χ4v) is 2.30. The number of amides is 1. The molecule has 1 saturated heterocycles. The van der Waals surface area contributed by atoms with Gasteiger partial charge in [-0.3, -0.25) is 4.79 Å². The summed E-state index contributed by atoms with van der Waals surface area (Å²) in [6, 6.07) is 0.950. The number of nitrogens with zero attached hydrogens (tertiary/aromatic N) is 4. The second-order valence-corrected chi connectivity index (χ2v) is 4.88. The zero-order valence-electron chi connectivity index (χ0n) is 12.0. The summed E-state index contributed by atoms with van der Waals surface area (Å²) in [5.41, 5.74) is 0. The van der Waals surface area contributed by atoms with Crippen molar-refractivity contribution in [3.63, 3.8) is 0 Å². The van der Waals surface area contributed by atoms with Gasteiger partial charge in [0.2, 0.25) is 11.9 Å². The molecule has 0 aliphatic carbocycles. The smallest absolute Gasteiger partial charge is 0.328 e. The highest BCUT2D eigenvalue weighted by atomic mass is 16.5. The van der Waals surface area contributed by atoms with E-state index in [2.05, 4.69) is 14.7 Å². The third-order valence-electron chi connectivity index (χ3n) is 3.34. The molecule has 2 atom stereocenters. The number of hydrogen-bond donors (Lipinski definition) is 1. The topological polar surface area (TPSA) is 95.9 Å². The Morgan fingerprint density at radius 3 is 2.76 bits per heavy atom. The molecule has 0 radical (unpaired) electrons. The number of anilines is 1. The van der Waals surface area contributed by atoms with Crippen LogP contribution in [0, 0.1) is 0 Å². The molecule has 0 saturated carbocycles. The molecule has 21 heavy (non-hydrogen) atoms. The minimum atomic E-state index is -0.734. The SMILES string of the molecule is COC(=O)C1CC(O)CN1C(=O)CN(C)c1ncccn1. The van der Waals surface area contributed by atoms with Gasteiger partial charge < -0.3 is 19.6 Å². The van der Waals surface area contributed by atoms with Crippen molar-refractivity contribution < 1.29 is 19.4 Å². The molecule has 0 spiro atoms. The summed E-state index contributed by atoms with van der Waals surface area (Å²) in [6.07, 6.45) is 2.65. The van der Waals surface area contributed by atoms with E-state index in [0.29, 0.717) is 5.95 Å². The lowest BCUT2D eigenvalue weighted by Gasteiger charge is -2.25. The summed E-state index contributed by atoms with van der Waals surface area (Å²) in [5.74, 6) is -0.379. The number of likely N-dealkylation sites (tertiary alicyclic amines) is 1. The number of rotatable bonds is 4. The van der Waals surface area contributed by atoms with E-state index in [0.717, 1.165) is 0 Å². The number of carbonyl (C=O) groups is 2. The highest BCUT2D eigenvalue weighted by Crippen LogP contribution is 2.19. The van der Waals surface area contributed by atoms with Gasteiger partial charge in [-0.2, -0.15) is 0 Å². The van der Waals surface area contributed by atoms with Crippen LogP contribution >= 0.6 is 0 Å². The fourth-order valence-electron chi connectivity index (χ4n) is 2.30. The molecule has 1 aliphatic rings. The maximum absolute atomic E-state index is 12.3. The Morgan fingerprint density at radius 1 is 1.48 bits per heavy atom. The largest absolute Gasteiger partial charge is 0.467 e. The standard InChI is InChI=1S/C13H18N4O4/c1-16(13-14-4-3-5-15-13)8-11(19)17-7-9(18)6-10(17)12(20)21-2/h3-5,9-10,18H,6-8H2,1-2H3. The molecule has 114 valence electrons. The van der Waals surface area contributed by atoms with E-state index in [1.165, 1.54) is 12.0 Å². The fraction of sp³-hybridized carbons (Fsp3) is 0.538. The van der Waals surface area contributed by atoms with Crippen LogP contribution in [0.25, 0.3) is 0 Å². The monoisotopic (exact) mass is 294 g/mol. The first-order valence-electron chi connectivity index (χ1n) is 6.56. The van der Waals surface area contributed by atoms with Crippen LogP contribution in [0.15, 0.2) is 18.5 Å². The molecule has 1 aliphatic heterocycles. The third-order valence-corrected chi connectivity index (χ3v) is 3.34. The maximum atomic E-state index is 12.3. The number of aliphatic hydroxyl groups is 1. The van der Waals surface area contributed by atoms with Gasteiger partial charge >= 0.3 is 5.97 Å². The lowest BCUT2D eigenvalue weighted by molar-refractivity contribution is -0.150. The lowest BCUT2D eigenvalue weighted by Crippen LogP contribution is -2.45. The Labute approximate surface area is 122 Å². The number of aromatic nitrogens is 2. The Kier molecular flexibility index (Phi) is 4.69. The van der Waals surface area contributed by atoms with E-state index in [1.807, 2.05) is 0 Å². The summed E-state index contributed by atoms with van der Waals surface area (Å²) in [5, 5.41) is 9.67. The summed E-state index contributed by atoms with van der Waals surface area (Å²) >= 11 is 0. The van der Waals surface area contributed by atoms with Crippen molar-refractivity contribution in [2.24, 2.45) is 0 Å². The number of likely N-dealkylation sites (N-methyl/N-ethyl adjacent to an activating group) is 1. The van der Waals surface area contributed by atoms with Crippen LogP contribution in [0.5, 0.6) is 0 Å². The molecule has 0 aromatic carbocycles. The Balaban J connectivity index is 2.03. The highest BCUT2D eigenvalue weighted by Gasteiger charge is 2.39. The van der Waals surface area contributed by atoms with Gasteiger partial charge in [0, 0.05) is 32.4 Å². The number of carbonyl (C=O) groups excluding carboxylic acids is 2. The van der Waals surface area contributed by atoms with E-state index in [4.69, 9.17) is 0 Å². The van der Waals surface area contributed by atoms with Crippen LogP contribution in [0.1, 0.15) is 6.42 Å². The Hall–Kier alpha value is -2.22. The first-order chi connectivity index (χ1) is 10.0. The van der Waals surface area contributed by atoms with Gasteiger partial charge in [-0.05, 0) is 6.07 Å². The van der Waals surface area contributed by atoms with Crippen molar-refractivity contribution in [1.29, 1.82) is 0 Å². The molecule has 2 unspecified atom stereocenters. The Bertz CT molecular complexity index is 510. The third kappa shape index (κ3) is 3.46. The van der Waals surface area contributed by atoms with Crippen LogP contribution in [0.2, 0.25) is 0 Å². The minimum absolute atomic E-state index is 0.0181. The normalized spacial score (nSPS) is 21.2. The molecule has 8 heteroatoms. The highest BCUT2D eigenvalue weighted by molar-refractivity contribution is 5.87. The molecule has 1 N–H and O–H groups in total. The van der Waals surface area contributed by atoms with E-state index >= 15 is 0 Å². The number of methoxy groups -OCH3 is 1. The predicted molar refractivity (Wildman–Crippen MR) is 73.4 cm³/mol. The van der Waals surface area contributed by atoms with E-state index in [1.54, 1.807) is 30.4 Å². The quantitative estimate of drug-likeness (QED) is 0.715. The van der Waals surface area contributed by atoms with Crippen LogP contribution in [0.4, 0.5) is 5.95 Å². The second kappa shape index (κ2) is 6.49. The average Bonchev–Trinajstić information content (AvgIpc) is 2.89. The van der Waals surface area contributed by atoms with Gasteiger partial charge in [0.25, 0.3) is 0 Å². The first-order valence-corrected chi connectivity index (χ1v) is 6.56. The van der Waals surface area contributed by atoms with Crippen LogP contribution in [-0.4, -0.2) is 71.2 Å². The summed E-state index contributed by atoms with van der Waals surface area (Å²) in [4.78, 5) is 35.0. The van der Waals surface area contributed by atoms with Gasteiger partial charge in [-0.1, -0.05) is 0 Å². The number of ether oxygens (including phenoxy) is 1. The molecule has 2 heterocycles.